The van der Waals surface area contributed by atoms with Gasteiger partial charge in [-0.05, 0) is 27.7 Å². The molecule has 0 fully saturated rings. The lowest BCUT2D eigenvalue weighted by molar-refractivity contribution is -0.147. The van der Waals surface area contributed by atoms with Crippen molar-refractivity contribution in [1.29, 1.82) is 0 Å². The fourth-order valence-corrected chi connectivity index (χ4v) is 1.65. The van der Waals surface area contributed by atoms with Crippen LogP contribution in [0.1, 0.15) is 40.5 Å². The summed E-state index contributed by atoms with van der Waals surface area (Å²) in [5.74, 6) is 0. The Bertz CT molecular complexity index is 197. The Balaban J connectivity index is 3.68. The first-order valence-corrected chi connectivity index (χ1v) is 7.13. The number of allylic oxidation sites excluding steroid dienone is 1. The lowest BCUT2D eigenvalue weighted by atomic mass is 10.3. The molecule has 0 aromatic heterocycles. The van der Waals surface area contributed by atoms with Gasteiger partial charge < -0.3 is 14.2 Å². The Morgan fingerprint density at radius 1 is 1.12 bits per heavy atom. The van der Waals surface area contributed by atoms with Crippen molar-refractivity contribution < 1.29 is 14.2 Å². The molecule has 1 atom stereocenters. The normalized spacial score (nSPS) is 12.8. The zero-order valence-electron chi connectivity index (χ0n) is 11.4. The minimum atomic E-state index is -0.145. The van der Waals surface area contributed by atoms with Gasteiger partial charge in [-0.15, -0.1) is 0 Å². The molecule has 0 aromatic rings. The van der Waals surface area contributed by atoms with Crippen molar-refractivity contribution in [2.45, 2.75) is 51.8 Å². The summed E-state index contributed by atoms with van der Waals surface area (Å²) < 4.78 is 16.5. The van der Waals surface area contributed by atoms with Crippen molar-refractivity contribution in [3.63, 3.8) is 0 Å². The summed E-state index contributed by atoms with van der Waals surface area (Å²) in [4.78, 5) is 0. The van der Waals surface area contributed by atoms with Gasteiger partial charge in [0, 0.05) is 26.1 Å². The Hall–Kier alpha value is 0.1000. The fraction of sp³-hybridized carbons (Fsp3) is 0.846. The predicted octanol–water partition coefficient (Wildman–Crippen LogP) is 3.87. The molecule has 0 aliphatic carbocycles. The molecular weight excluding hydrogens is 284 g/mol. The summed E-state index contributed by atoms with van der Waals surface area (Å²) >= 11 is 3.49. The fourth-order valence-electron chi connectivity index (χ4n) is 1.28. The molecule has 0 amide bonds. The van der Waals surface area contributed by atoms with Crippen LogP contribution in [-0.4, -0.2) is 31.1 Å². The van der Waals surface area contributed by atoms with Gasteiger partial charge in [-0.2, -0.15) is 0 Å². The smallest absolute Gasteiger partial charge is 0.159 e. The molecule has 0 aromatic carbocycles. The summed E-state index contributed by atoms with van der Waals surface area (Å²) in [7, 11) is 0. The Morgan fingerprint density at radius 2 is 1.71 bits per heavy atom. The topological polar surface area (TPSA) is 27.7 Å². The SMILES string of the molecule is CCOC(CCOC(Br)CC=C(C)C)OCC. The molecule has 17 heavy (non-hydrogen) atoms. The first-order chi connectivity index (χ1) is 8.10. The van der Waals surface area contributed by atoms with Crippen LogP contribution in [0.2, 0.25) is 0 Å². The van der Waals surface area contributed by atoms with Gasteiger partial charge >= 0.3 is 0 Å². The minimum absolute atomic E-state index is 0.0707. The highest BCUT2D eigenvalue weighted by Gasteiger charge is 2.09. The van der Waals surface area contributed by atoms with Crippen molar-refractivity contribution in [1.82, 2.24) is 0 Å². The average Bonchev–Trinajstić information content (AvgIpc) is 2.27. The maximum absolute atomic E-state index is 5.63. The molecule has 0 heterocycles. The highest BCUT2D eigenvalue weighted by molar-refractivity contribution is 9.09. The van der Waals surface area contributed by atoms with Crippen LogP contribution in [0.4, 0.5) is 0 Å². The molecule has 102 valence electrons. The molecule has 0 aliphatic rings. The Kier molecular flexibility index (Phi) is 11.3. The van der Waals surface area contributed by atoms with E-state index in [1.807, 2.05) is 13.8 Å². The summed E-state index contributed by atoms with van der Waals surface area (Å²) in [6.07, 6.45) is 3.66. The summed E-state index contributed by atoms with van der Waals surface area (Å²) in [5, 5.41) is 0.0707. The molecule has 0 aliphatic heterocycles. The zero-order chi connectivity index (χ0) is 13.1. The third-order valence-electron chi connectivity index (χ3n) is 2.07. The van der Waals surface area contributed by atoms with Crippen molar-refractivity contribution in [3.8, 4) is 0 Å². The number of halogens is 1. The molecule has 0 N–H and O–H groups in total. The van der Waals surface area contributed by atoms with E-state index < -0.39 is 0 Å². The molecular formula is C13H25BrO3. The Morgan fingerprint density at radius 3 is 2.18 bits per heavy atom. The second-order valence-corrected chi connectivity index (χ2v) is 4.95. The van der Waals surface area contributed by atoms with Gasteiger partial charge in [0.1, 0.15) is 5.01 Å². The van der Waals surface area contributed by atoms with Crippen LogP contribution in [-0.2, 0) is 14.2 Å². The van der Waals surface area contributed by atoms with Crippen molar-refractivity contribution >= 4 is 15.9 Å². The third-order valence-corrected chi connectivity index (χ3v) is 2.71. The van der Waals surface area contributed by atoms with Crippen LogP contribution < -0.4 is 0 Å². The van der Waals surface area contributed by atoms with Crippen LogP contribution in [0.25, 0.3) is 0 Å². The van der Waals surface area contributed by atoms with Gasteiger partial charge in [-0.3, -0.25) is 0 Å². The Labute approximate surface area is 114 Å². The number of ether oxygens (including phenoxy) is 3. The molecule has 3 nitrogen and oxygen atoms in total. The molecule has 0 radical (unpaired) electrons. The van der Waals surface area contributed by atoms with E-state index in [9.17, 15) is 0 Å². The largest absolute Gasteiger partial charge is 0.366 e. The summed E-state index contributed by atoms with van der Waals surface area (Å²) in [5.41, 5.74) is 1.31. The second-order valence-electron chi connectivity index (χ2n) is 3.93. The first kappa shape index (κ1) is 17.1. The quantitative estimate of drug-likeness (QED) is 0.348. The maximum atomic E-state index is 5.63. The van der Waals surface area contributed by atoms with Gasteiger partial charge in [-0.25, -0.2) is 0 Å². The number of hydrogen-bond acceptors (Lipinski definition) is 3. The highest BCUT2D eigenvalue weighted by atomic mass is 79.9. The predicted molar refractivity (Wildman–Crippen MR) is 74.4 cm³/mol. The molecule has 0 bridgehead atoms. The van der Waals surface area contributed by atoms with Gasteiger partial charge in [0.15, 0.2) is 6.29 Å². The van der Waals surface area contributed by atoms with E-state index in [0.29, 0.717) is 19.8 Å². The van der Waals surface area contributed by atoms with Crippen LogP contribution in [0.5, 0.6) is 0 Å². The van der Waals surface area contributed by atoms with E-state index in [2.05, 4.69) is 35.9 Å². The second kappa shape index (κ2) is 11.2. The van der Waals surface area contributed by atoms with Crippen LogP contribution in [0.15, 0.2) is 11.6 Å². The monoisotopic (exact) mass is 308 g/mol. The summed E-state index contributed by atoms with van der Waals surface area (Å²) in [6, 6.07) is 0. The molecule has 0 spiro atoms. The molecule has 4 heteroatoms. The molecule has 0 saturated heterocycles. The van der Waals surface area contributed by atoms with Gasteiger partial charge in [0.2, 0.25) is 0 Å². The van der Waals surface area contributed by atoms with Gasteiger partial charge in [-0.1, -0.05) is 27.6 Å². The van der Waals surface area contributed by atoms with Crippen molar-refractivity contribution in [2.24, 2.45) is 0 Å². The number of hydrogen-bond donors (Lipinski definition) is 0. The van der Waals surface area contributed by atoms with Crippen molar-refractivity contribution in [3.05, 3.63) is 11.6 Å². The van der Waals surface area contributed by atoms with Gasteiger partial charge in [0.05, 0.1) is 6.61 Å². The maximum Gasteiger partial charge on any atom is 0.159 e. The molecule has 0 saturated carbocycles. The van der Waals surface area contributed by atoms with E-state index >= 15 is 0 Å². The van der Waals surface area contributed by atoms with Crippen LogP contribution >= 0.6 is 15.9 Å². The minimum Gasteiger partial charge on any atom is -0.366 e. The van der Waals surface area contributed by atoms with Crippen LogP contribution in [0.3, 0.4) is 0 Å². The third kappa shape index (κ3) is 10.9. The number of alkyl halides is 1. The van der Waals surface area contributed by atoms with E-state index in [4.69, 9.17) is 14.2 Å². The summed E-state index contributed by atoms with van der Waals surface area (Å²) in [6.45, 7) is 10.1. The van der Waals surface area contributed by atoms with Crippen LogP contribution in [0, 0.1) is 0 Å². The lowest BCUT2D eigenvalue weighted by Gasteiger charge is -2.17. The van der Waals surface area contributed by atoms with E-state index in [0.717, 1.165) is 12.8 Å². The van der Waals surface area contributed by atoms with E-state index in [1.54, 1.807) is 0 Å². The first-order valence-electron chi connectivity index (χ1n) is 6.22. The highest BCUT2D eigenvalue weighted by Crippen LogP contribution is 2.11. The average molecular weight is 309 g/mol. The van der Waals surface area contributed by atoms with Gasteiger partial charge in [0.25, 0.3) is 0 Å². The molecule has 0 rings (SSSR count). The van der Waals surface area contributed by atoms with E-state index in [-0.39, 0.29) is 11.3 Å². The zero-order valence-corrected chi connectivity index (χ0v) is 13.0. The van der Waals surface area contributed by atoms with Crippen molar-refractivity contribution in [2.75, 3.05) is 19.8 Å². The standard InChI is InChI=1S/C13H25BrO3/c1-5-15-13(16-6-2)9-10-17-12(14)8-7-11(3)4/h7,12-13H,5-6,8-10H2,1-4H3. The van der Waals surface area contributed by atoms with E-state index in [1.165, 1.54) is 5.57 Å². The number of rotatable bonds is 10. The molecule has 1 unspecified atom stereocenters. The lowest BCUT2D eigenvalue weighted by Crippen LogP contribution is -2.20.